The average Bonchev–Trinajstić information content (AvgIpc) is 3.03. The van der Waals surface area contributed by atoms with E-state index in [1.807, 2.05) is 0 Å². The van der Waals surface area contributed by atoms with Gasteiger partial charge in [0.2, 0.25) is 0 Å². The first-order chi connectivity index (χ1) is 13.1. The van der Waals surface area contributed by atoms with Crippen molar-refractivity contribution in [2.45, 2.75) is 31.9 Å². The van der Waals surface area contributed by atoms with Crippen LogP contribution in [0.3, 0.4) is 0 Å². The van der Waals surface area contributed by atoms with Crippen LogP contribution in [0.4, 0.5) is 26.3 Å². The number of amides is 1. The van der Waals surface area contributed by atoms with Crippen LogP contribution in [0.2, 0.25) is 0 Å². The highest BCUT2D eigenvalue weighted by Gasteiger charge is 2.37. The zero-order valence-corrected chi connectivity index (χ0v) is 14.3. The molecule has 1 aromatic heterocycles. The summed E-state index contributed by atoms with van der Waals surface area (Å²) in [4.78, 5) is 12.1. The fourth-order valence-corrected chi connectivity index (χ4v) is 2.87. The maximum absolute atomic E-state index is 12.9. The fourth-order valence-electron chi connectivity index (χ4n) is 2.87. The van der Waals surface area contributed by atoms with E-state index in [9.17, 15) is 31.1 Å². The molecule has 1 N–H and O–H groups in total. The van der Waals surface area contributed by atoms with Gasteiger partial charge in [-0.2, -0.15) is 31.4 Å². The standard InChI is InChI=1S/C17H15F6N3O2/c18-16(19,20)12-5-10(6-13(7-12)17(21,22)23)15(27)24-2-3-26-14-1-4-28-9-11(14)8-25-26/h5-8H,1-4,9H2,(H,24,27). The van der Waals surface area contributed by atoms with Crippen LogP contribution in [-0.2, 0) is 36.7 Å². The quantitative estimate of drug-likeness (QED) is 0.791. The number of fused-ring (bicyclic) bond motifs is 1. The number of carbonyl (C=O) groups is 1. The van der Waals surface area contributed by atoms with Crippen molar-refractivity contribution in [1.29, 1.82) is 0 Å². The number of alkyl halides is 6. The van der Waals surface area contributed by atoms with E-state index in [1.54, 1.807) is 10.9 Å². The van der Waals surface area contributed by atoms with E-state index in [2.05, 4.69) is 10.4 Å². The third-order valence-electron chi connectivity index (χ3n) is 4.23. The Kier molecular flexibility index (Phi) is 5.37. The summed E-state index contributed by atoms with van der Waals surface area (Å²) in [6, 6.07) is 0.782. The molecule has 1 aliphatic rings. The van der Waals surface area contributed by atoms with Crippen molar-refractivity contribution in [3.8, 4) is 0 Å². The molecule has 0 radical (unpaired) electrons. The Morgan fingerprint density at radius 3 is 2.36 bits per heavy atom. The molecule has 1 aromatic carbocycles. The van der Waals surface area contributed by atoms with Gasteiger partial charge in [-0.25, -0.2) is 0 Å². The topological polar surface area (TPSA) is 56.2 Å². The average molecular weight is 407 g/mol. The highest BCUT2D eigenvalue weighted by atomic mass is 19.4. The van der Waals surface area contributed by atoms with Gasteiger partial charge < -0.3 is 10.1 Å². The lowest BCUT2D eigenvalue weighted by atomic mass is 10.0. The van der Waals surface area contributed by atoms with Gasteiger partial charge in [0.25, 0.3) is 5.91 Å². The van der Waals surface area contributed by atoms with E-state index in [0.29, 0.717) is 31.8 Å². The first kappa shape index (κ1) is 20.2. The van der Waals surface area contributed by atoms with Gasteiger partial charge in [0, 0.05) is 29.8 Å². The van der Waals surface area contributed by atoms with Crippen molar-refractivity contribution in [1.82, 2.24) is 15.1 Å². The summed E-state index contributed by atoms with van der Waals surface area (Å²) in [6.45, 7) is 1.17. The molecule has 0 spiro atoms. The second-order valence-electron chi connectivity index (χ2n) is 6.19. The molecular weight excluding hydrogens is 392 g/mol. The van der Waals surface area contributed by atoms with Crippen LogP contribution in [0.15, 0.2) is 24.4 Å². The van der Waals surface area contributed by atoms with Crippen LogP contribution in [-0.4, -0.2) is 28.8 Å². The summed E-state index contributed by atoms with van der Waals surface area (Å²) >= 11 is 0. The number of carbonyl (C=O) groups excluding carboxylic acids is 1. The second kappa shape index (κ2) is 7.46. The van der Waals surface area contributed by atoms with Crippen LogP contribution in [0.1, 0.15) is 32.7 Å². The molecule has 0 atom stereocenters. The maximum atomic E-state index is 12.9. The summed E-state index contributed by atoms with van der Waals surface area (Å²) in [5.41, 5.74) is -1.94. The van der Waals surface area contributed by atoms with Crippen LogP contribution < -0.4 is 5.32 Å². The molecule has 3 rings (SSSR count). The Morgan fingerprint density at radius 2 is 1.75 bits per heavy atom. The van der Waals surface area contributed by atoms with Gasteiger partial charge in [-0.3, -0.25) is 9.48 Å². The molecule has 1 aliphatic heterocycles. The van der Waals surface area contributed by atoms with Gasteiger partial charge in [-0.1, -0.05) is 0 Å². The van der Waals surface area contributed by atoms with Crippen LogP contribution in [0.25, 0.3) is 0 Å². The molecule has 0 bridgehead atoms. The Bertz CT molecular complexity index is 841. The Morgan fingerprint density at radius 1 is 1.11 bits per heavy atom. The third-order valence-corrected chi connectivity index (χ3v) is 4.23. The molecule has 0 saturated carbocycles. The summed E-state index contributed by atoms with van der Waals surface area (Å²) < 4.78 is 84.2. The third kappa shape index (κ3) is 4.46. The lowest BCUT2D eigenvalue weighted by Crippen LogP contribution is -2.29. The lowest BCUT2D eigenvalue weighted by molar-refractivity contribution is -0.143. The van der Waals surface area contributed by atoms with Crippen molar-refractivity contribution in [2.24, 2.45) is 0 Å². The molecule has 1 amide bonds. The Hall–Kier alpha value is -2.56. The van der Waals surface area contributed by atoms with Crippen LogP contribution in [0, 0.1) is 0 Å². The number of halogens is 6. The summed E-state index contributed by atoms with van der Waals surface area (Å²) in [5, 5.41) is 6.48. The van der Waals surface area contributed by atoms with Crippen molar-refractivity contribution >= 4 is 5.91 Å². The van der Waals surface area contributed by atoms with E-state index in [1.165, 1.54) is 0 Å². The minimum Gasteiger partial charge on any atom is -0.376 e. The van der Waals surface area contributed by atoms with E-state index in [4.69, 9.17) is 4.74 Å². The number of nitrogens with one attached hydrogen (secondary N) is 1. The molecule has 11 heteroatoms. The second-order valence-corrected chi connectivity index (χ2v) is 6.19. The number of hydrogen-bond donors (Lipinski definition) is 1. The van der Waals surface area contributed by atoms with Gasteiger partial charge in [-0.05, 0) is 18.2 Å². The maximum Gasteiger partial charge on any atom is 0.416 e. The molecule has 2 aromatic rings. The van der Waals surface area contributed by atoms with Gasteiger partial charge >= 0.3 is 12.4 Å². The molecule has 152 valence electrons. The lowest BCUT2D eigenvalue weighted by Gasteiger charge is -2.15. The highest BCUT2D eigenvalue weighted by molar-refractivity contribution is 5.94. The molecule has 0 fully saturated rings. The summed E-state index contributed by atoms with van der Waals surface area (Å²) in [7, 11) is 0. The molecule has 5 nitrogen and oxygen atoms in total. The summed E-state index contributed by atoms with van der Waals surface area (Å²) in [6.07, 6.45) is -7.76. The van der Waals surface area contributed by atoms with E-state index in [0.717, 1.165) is 11.3 Å². The normalized spacial score (nSPS) is 14.6. The zero-order chi connectivity index (χ0) is 20.5. The van der Waals surface area contributed by atoms with Crippen molar-refractivity contribution < 1.29 is 35.9 Å². The van der Waals surface area contributed by atoms with E-state index in [-0.39, 0.29) is 19.2 Å². The predicted octanol–water partition coefficient (Wildman–Crippen LogP) is 3.42. The Balaban J connectivity index is 1.72. The van der Waals surface area contributed by atoms with Gasteiger partial charge in [0.1, 0.15) is 0 Å². The van der Waals surface area contributed by atoms with Crippen molar-refractivity contribution in [3.05, 3.63) is 52.3 Å². The monoisotopic (exact) mass is 407 g/mol. The summed E-state index contributed by atoms with van der Waals surface area (Å²) in [5.74, 6) is -1.03. The van der Waals surface area contributed by atoms with Gasteiger partial charge in [0.15, 0.2) is 0 Å². The number of rotatable bonds is 4. The van der Waals surface area contributed by atoms with Gasteiger partial charge in [-0.15, -0.1) is 0 Å². The van der Waals surface area contributed by atoms with Crippen LogP contribution in [0.5, 0.6) is 0 Å². The van der Waals surface area contributed by atoms with E-state index >= 15 is 0 Å². The van der Waals surface area contributed by atoms with Gasteiger partial charge in [0.05, 0.1) is 37.1 Å². The molecule has 2 heterocycles. The number of ether oxygens (including phenoxy) is 1. The largest absolute Gasteiger partial charge is 0.416 e. The number of aromatic nitrogens is 2. The first-order valence-electron chi connectivity index (χ1n) is 8.24. The molecular formula is C17H15F6N3O2. The molecule has 28 heavy (non-hydrogen) atoms. The SMILES string of the molecule is O=C(NCCn1ncc2c1CCOC2)c1cc(C(F)(F)F)cc(C(F)(F)F)c1. The zero-order valence-electron chi connectivity index (χ0n) is 14.3. The highest BCUT2D eigenvalue weighted by Crippen LogP contribution is 2.36. The molecule has 0 aliphatic carbocycles. The molecule has 0 saturated heterocycles. The number of nitrogens with zero attached hydrogens (tertiary/aromatic N) is 2. The number of benzene rings is 1. The van der Waals surface area contributed by atoms with Crippen molar-refractivity contribution in [3.63, 3.8) is 0 Å². The molecule has 0 unspecified atom stereocenters. The van der Waals surface area contributed by atoms with E-state index < -0.39 is 35.0 Å². The number of hydrogen-bond acceptors (Lipinski definition) is 3. The fraction of sp³-hybridized carbons (Fsp3) is 0.412. The van der Waals surface area contributed by atoms with Crippen LogP contribution >= 0.6 is 0 Å². The first-order valence-corrected chi connectivity index (χ1v) is 8.24. The minimum absolute atomic E-state index is 0.00852. The predicted molar refractivity (Wildman–Crippen MR) is 84.4 cm³/mol. The minimum atomic E-state index is -5.01. The Labute approximate surface area is 155 Å². The smallest absolute Gasteiger partial charge is 0.376 e. The van der Waals surface area contributed by atoms with Crippen molar-refractivity contribution in [2.75, 3.05) is 13.2 Å².